The summed E-state index contributed by atoms with van der Waals surface area (Å²) in [7, 11) is 3.25. The molecule has 1 aliphatic heterocycles. The van der Waals surface area contributed by atoms with Gasteiger partial charge >= 0.3 is 5.79 Å². The molecule has 3 rings (SSSR count). The normalized spacial score (nSPS) is 18.9. The lowest BCUT2D eigenvalue weighted by Crippen LogP contribution is -2.52. The largest absolute Gasteiger partial charge is 0.497 e. The molecule has 1 N–H and O–H groups in total. The minimum Gasteiger partial charge on any atom is -0.497 e. The Morgan fingerprint density at radius 1 is 1.21 bits per heavy atom. The summed E-state index contributed by atoms with van der Waals surface area (Å²) >= 11 is 0. The van der Waals surface area contributed by atoms with Crippen LogP contribution in [0, 0.1) is 10.1 Å². The van der Waals surface area contributed by atoms with Crippen LogP contribution in [0.4, 0.5) is 11.4 Å². The fourth-order valence-corrected chi connectivity index (χ4v) is 2.90. The molecular formula is C17H18N4O3. The van der Waals surface area contributed by atoms with Crippen LogP contribution in [0.3, 0.4) is 0 Å². The summed E-state index contributed by atoms with van der Waals surface area (Å²) in [6.07, 6.45) is 0. The number of para-hydroxylation sites is 1. The summed E-state index contributed by atoms with van der Waals surface area (Å²) < 4.78 is 5.15. The molecular weight excluding hydrogens is 308 g/mol. The van der Waals surface area contributed by atoms with Gasteiger partial charge in [-0.2, -0.15) is 4.99 Å². The fraction of sp³-hybridized carbons (Fsp3) is 0.235. The van der Waals surface area contributed by atoms with E-state index in [0.717, 1.165) is 0 Å². The highest BCUT2D eigenvalue weighted by Gasteiger charge is 2.53. The van der Waals surface area contributed by atoms with E-state index in [1.807, 2.05) is 12.1 Å². The molecule has 0 spiro atoms. The van der Waals surface area contributed by atoms with Gasteiger partial charge in [-0.3, -0.25) is 15.0 Å². The van der Waals surface area contributed by atoms with Gasteiger partial charge in [0.05, 0.1) is 17.7 Å². The third-order valence-corrected chi connectivity index (χ3v) is 4.11. The molecule has 124 valence electrons. The molecule has 1 aliphatic rings. The molecule has 7 nitrogen and oxygen atoms in total. The molecule has 0 fully saturated rings. The monoisotopic (exact) mass is 326 g/mol. The molecule has 0 bridgehead atoms. The Kier molecular flexibility index (Phi) is 3.84. The number of hydrogen-bond acceptors (Lipinski definition) is 6. The Bertz CT molecular complexity index is 804. The third-order valence-electron chi connectivity index (χ3n) is 4.11. The van der Waals surface area contributed by atoms with E-state index in [9.17, 15) is 10.1 Å². The maximum Gasteiger partial charge on any atom is 0.425 e. The predicted molar refractivity (Wildman–Crippen MR) is 93.2 cm³/mol. The minimum atomic E-state index is -1.72. The van der Waals surface area contributed by atoms with Crippen LogP contribution >= 0.6 is 0 Å². The van der Waals surface area contributed by atoms with Gasteiger partial charge in [-0.05, 0) is 43.3 Å². The number of anilines is 2. The van der Waals surface area contributed by atoms with Crippen LogP contribution in [-0.2, 0) is 5.79 Å². The van der Waals surface area contributed by atoms with Crippen molar-refractivity contribution < 1.29 is 9.66 Å². The number of nitrogens with zero attached hydrogens (tertiary/aromatic N) is 3. The van der Waals surface area contributed by atoms with Gasteiger partial charge in [-0.15, -0.1) is 0 Å². The molecule has 24 heavy (non-hydrogen) atoms. The standard InChI is InChI=1S/C17H18N4O3/c1-12-18-16-7-5-4-6-15(16)17(19-12,21(22)23)20(2)13-8-10-14(24-3)11-9-13/h4-11H,1-3H3,(H,18,19). The maximum atomic E-state index is 12.1. The molecule has 7 heteroatoms. The summed E-state index contributed by atoms with van der Waals surface area (Å²) in [6.45, 7) is 1.72. The number of fused-ring (bicyclic) bond motifs is 1. The summed E-state index contributed by atoms with van der Waals surface area (Å²) in [5.74, 6) is -0.543. The molecule has 0 radical (unpaired) electrons. The van der Waals surface area contributed by atoms with Crippen molar-refractivity contribution in [2.45, 2.75) is 12.7 Å². The number of rotatable bonds is 4. The van der Waals surface area contributed by atoms with Crippen LogP contribution in [0.25, 0.3) is 0 Å². The van der Waals surface area contributed by atoms with Crippen LogP contribution in [0.1, 0.15) is 12.5 Å². The first-order valence-electron chi connectivity index (χ1n) is 7.44. The molecule has 1 unspecified atom stereocenters. The Hall–Kier alpha value is -3.09. The lowest BCUT2D eigenvalue weighted by atomic mass is 10.0. The maximum absolute atomic E-state index is 12.1. The third kappa shape index (κ3) is 2.34. The smallest absolute Gasteiger partial charge is 0.425 e. The average molecular weight is 326 g/mol. The van der Waals surface area contributed by atoms with Crippen LogP contribution < -0.4 is 15.0 Å². The number of amidine groups is 1. The van der Waals surface area contributed by atoms with Crippen LogP contribution in [0.5, 0.6) is 5.75 Å². The summed E-state index contributed by atoms with van der Waals surface area (Å²) in [4.78, 5) is 17.7. The number of hydrogen-bond donors (Lipinski definition) is 1. The lowest BCUT2D eigenvalue weighted by molar-refractivity contribution is -0.576. The Morgan fingerprint density at radius 2 is 1.88 bits per heavy atom. The second kappa shape index (κ2) is 5.84. The molecule has 0 saturated carbocycles. The first-order valence-corrected chi connectivity index (χ1v) is 7.44. The van der Waals surface area contributed by atoms with Gasteiger partial charge in [-0.1, -0.05) is 12.1 Å². The van der Waals surface area contributed by atoms with Crippen LogP contribution in [-0.4, -0.2) is 24.9 Å². The molecule has 1 atom stereocenters. The Morgan fingerprint density at radius 3 is 2.50 bits per heavy atom. The van der Waals surface area contributed by atoms with Crippen molar-refractivity contribution in [1.82, 2.24) is 0 Å². The summed E-state index contributed by atoms with van der Waals surface area (Å²) in [5.41, 5.74) is 1.85. The highest BCUT2D eigenvalue weighted by Crippen LogP contribution is 2.40. The van der Waals surface area contributed by atoms with E-state index in [2.05, 4.69) is 10.3 Å². The number of nitrogens with one attached hydrogen (secondary N) is 1. The lowest BCUT2D eigenvalue weighted by Gasteiger charge is -2.36. The molecule has 0 saturated heterocycles. The van der Waals surface area contributed by atoms with E-state index in [-0.39, 0.29) is 4.92 Å². The number of ether oxygens (including phenoxy) is 1. The summed E-state index contributed by atoms with van der Waals surface area (Å²) in [5, 5.41) is 15.2. The van der Waals surface area contributed by atoms with E-state index in [1.54, 1.807) is 62.4 Å². The van der Waals surface area contributed by atoms with Crippen molar-refractivity contribution in [3.63, 3.8) is 0 Å². The molecule has 2 aromatic carbocycles. The van der Waals surface area contributed by atoms with E-state index in [4.69, 9.17) is 4.74 Å². The van der Waals surface area contributed by atoms with Gasteiger partial charge in [0.15, 0.2) is 0 Å². The van der Waals surface area contributed by atoms with Gasteiger partial charge in [-0.25, -0.2) is 0 Å². The van der Waals surface area contributed by atoms with Crippen molar-refractivity contribution in [2.75, 3.05) is 24.4 Å². The van der Waals surface area contributed by atoms with E-state index in [0.29, 0.717) is 28.5 Å². The molecule has 0 aromatic heterocycles. The highest BCUT2D eigenvalue weighted by atomic mass is 16.6. The fourth-order valence-electron chi connectivity index (χ4n) is 2.90. The van der Waals surface area contributed by atoms with Crippen molar-refractivity contribution in [2.24, 2.45) is 4.99 Å². The summed E-state index contributed by atoms with van der Waals surface area (Å²) in [6, 6.07) is 14.2. The Balaban J connectivity index is 2.17. The predicted octanol–water partition coefficient (Wildman–Crippen LogP) is 3.06. The van der Waals surface area contributed by atoms with Gasteiger partial charge < -0.3 is 10.1 Å². The zero-order chi connectivity index (χ0) is 17.3. The molecule has 2 aromatic rings. The number of methoxy groups -OCH3 is 1. The Labute approximate surface area is 139 Å². The van der Waals surface area contributed by atoms with Gasteiger partial charge in [0.2, 0.25) is 0 Å². The molecule has 0 aliphatic carbocycles. The van der Waals surface area contributed by atoms with Gasteiger partial charge in [0.1, 0.15) is 17.1 Å². The van der Waals surface area contributed by atoms with Gasteiger partial charge in [0.25, 0.3) is 0 Å². The molecule has 0 amide bonds. The number of benzene rings is 2. The minimum absolute atomic E-state index is 0.361. The number of nitro groups is 1. The van der Waals surface area contributed by atoms with E-state index >= 15 is 0 Å². The van der Waals surface area contributed by atoms with Crippen molar-refractivity contribution in [3.05, 3.63) is 64.2 Å². The van der Waals surface area contributed by atoms with Gasteiger partial charge in [0, 0.05) is 12.7 Å². The SMILES string of the molecule is COc1ccc(N(C)C2([N+](=O)[O-])N=C(C)Nc3ccccc32)cc1. The van der Waals surface area contributed by atoms with E-state index in [1.165, 1.54) is 0 Å². The van der Waals surface area contributed by atoms with Crippen LogP contribution in [0.15, 0.2) is 53.5 Å². The van der Waals surface area contributed by atoms with Crippen molar-refractivity contribution in [3.8, 4) is 5.75 Å². The zero-order valence-electron chi connectivity index (χ0n) is 13.7. The van der Waals surface area contributed by atoms with Crippen molar-refractivity contribution in [1.29, 1.82) is 0 Å². The second-order valence-electron chi connectivity index (χ2n) is 5.52. The van der Waals surface area contributed by atoms with E-state index < -0.39 is 5.79 Å². The first kappa shape index (κ1) is 15.8. The second-order valence-corrected chi connectivity index (χ2v) is 5.52. The van der Waals surface area contributed by atoms with Crippen LogP contribution in [0.2, 0.25) is 0 Å². The first-order chi connectivity index (χ1) is 11.5. The zero-order valence-corrected chi connectivity index (χ0v) is 13.7. The topological polar surface area (TPSA) is 80.0 Å². The quantitative estimate of drug-likeness (QED) is 0.530. The average Bonchev–Trinajstić information content (AvgIpc) is 2.60. The molecule has 1 heterocycles. The number of aliphatic imine (C=N–C) groups is 1. The van der Waals surface area contributed by atoms with Crippen molar-refractivity contribution >= 4 is 17.2 Å². The highest BCUT2D eigenvalue weighted by molar-refractivity contribution is 5.96.